The van der Waals surface area contributed by atoms with E-state index in [1.54, 1.807) is 0 Å². The van der Waals surface area contributed by atoms with Crippen molar-refractivity contribution >= 4 is 29.2 Å². The molecule has 5 nitrogen and oxygen atoms in total. The lowest BCUT2D eigenvalue weighted by molar-refractivity contribution is -0.152. The molecule has 0 aromatic heterocycles. The minimum atomic E-state index is -1.12. The van der Waals surface area contributed by atoms with Crippen LogP contribution in [0.3, 0.4) is 0 Å². The molecule has 138 valence electrons. The number of methoxy groups -OCH3 is 1. The molecule has 26 heavy (non-hydrogen) atoms. The Bertz CT molecular complexity index is 829. The second-order valence-electron chi connectivity index (χ2n) is 5.39. The van der Waals surface area contributed by atoms with Gasteiger partial charge < -0.3 is 14.8 Å². The van der Waals surface area contributed by atoms with Crippen molar-refractivity contribution in [3.8, 4) is 5.75 Å². The number of carbonyl (C=O) groups excluding carboxylic acids is 2. The highest BCUT2D eigenvalue weighted by atomic mass is 35.5. The zero-order valence-corrected chi connectivity index (χ0v) is 14.8. The Morgan fingerprint density at radius 3 is 2.54 bits per heavy atom. The first-order chi connectivity index (χ1) is 12.3. The molecule has 0 aliphatic carbocycles. The zero-order valence-electron chi connectivity index (χ0n) is 14.0. The summed E-state index contributed by atoms with van der Waals surface area (Å²) in [6.45, 7) is 1.37. The van der Waals surface area contributed by atoms with Crippen molar-refractivity contribution < 1.29 is 27.8 Å². The molecule has 0 radical (unpaired) electrons. The van der Waals surface area contributed by atoms with Gasteiger partial charge in [0.15, 0.2) is 17.7 Å². The largest absolute Gasteiger partial charge is 0.494 e. The van der Waals surface area contributed by atoms with Crippen LogP contribution >= 0.6 is 11.6 Å². The Labute approximate surface area is 153 Å². The van der Waals surface area contributed by atoms with E-state index in [1.807, 2.05) is 0 Å². The van der Waals surface area contributed by atoms with Crippen LogP contribution in [0, 0.1) is 11.6 Å². The molecule has 1 atom stereocenters. The third-order valence-corrected chi connectivity index (χ3v) is 3.74. The van der Waals surface area contributed by atoms with Crippen LogP contribution in [0.1, 0.15) is 12.5 Å². The van der Waals surface area contributed by atoms with E-state index < -0.39 is 29.6 Å². The van der Waals surface area contributed by atoms with Crippen molar-refractivity contribution in [3.05, 3.63) is 58.6 Å². The van der Waals surface area contributed by atoms with E-state index in [4.69, 9.17) is 21.1 Å². The van der Waals surface area contributed by atoms with Crippen LogP contribution in [-0.2, 0) is 20.7 Å². The summed E-state index contributed by atoms with van der Waals surface area (Å²) in [6, 6.07) is 7.55. The Hall–Kier alpha value is -2.67. The van der Waals surface area contributed by atoms with Gasteiger partial charge in [0.1, 0.15) is 5.82 Å². The van der Waals surface area contributed by atoms with E-state index >= 15 is 0 Å². The van der Waals surface area contributed by atoms with Crippen molar-refractivity contribution in [2.24, 2.45) is 0 Å². The highest BCUT2D eigenvalue weighted by Gasteiger charge is 2.19. The number of nitrogens with one attached hydrogen (secondary N) is 1. The predicted octanol–water partition coefficient (Wildman–Crippen LogP) is 3.74. The van der Waals surface area contributed by atoms with Gasteiger partial charge in [-0.15, -0.1) is 0 Å². The summed E-state index contributed by atoms with van der Waals surface area (Å²) in [5.41, 5.74) is 0.570. The van der Waals surface area contributed by atoms with Crippen LogP contribution in [0.25, 0.3) is 0 Å². The van der Waals surface area contributed by atoms with Gasteiger partial charge in [0.05, 0.1) is 24.2 Å². The molecule has 0 spiro atoms. The number of esters is 1. The summed E-state index contributed by atoms with van der Waals surface area (Å²) in [5.74, 6) is -2.42. The van der Waals surface area contributed by atoms with Gasteiger partial charge in [-0.1, -0.05) is 17.7 Å². The molecule has 0 heterocycles. The second-order valence-corrected chi connectivity index (χ2v) is 5.80. The Morgan fingerprint density at radius 1 is 1.19 bits per heavy atom. The Morgan fingerprint density at radius 2 is 1.92 bits per heavy atom. The fourth-order valence-electron chi connectivity index (χ4n) is 2.10. The molecule has 0 aliphatic heterocycles. The number of rotatable bonds is 6. The van der Waals surface area contributed by atoms with Crippen molar-refractivity contribution in [3.63, 3.8) is 0 Å². The van der Waals surface area contributed by atoms with Crippen molar-refractivity contribution in [1.29, 1.82) is 0 Å². The van der Waals surface area contributed by atoms with Crippen LogP contribution < -0.4 is 10.1 Å². The molecular weight excluding hydrogens is 368 g/mol. The Kier molecular flexibility index (Phi) is 6.52. The zero-order chi connectivity index (χ0) is 19.3. The van der Waals surface area contributed by atoms with Crippen LogP contribution in [0.15, 0.2) is 36.4 Å². The number of ether oxygens (including phenoxy) is 2. The number of benzene rings is 2. The molecule has 2 aromatic carbocycles. The number of hydrogen-bond donors (Lipinski definition) is 1. The minimum Gasteiger partial charge on any atom is -0.494 e. The maximum atomic E-state index is 13.6. The summed E-state index contributed by atoms with van der Waals surface area (Å²) < 4.78 is 36.4. The van der Waals surface area contributed by atoms with Gasteiger partial charge in [0.25, 0.3) is 5.91 Å². The maximum Gasteiger partial charge on any atom is 0.311 e. The van der Waals surface area contributed by atoms with Gasteiger partial charge >= 0.3 is 5.97 Å². The quantitative estimate of drug-likeness (QED) is 0.772. The van der Waals surface area contributed by atoms with Crippen LogP contribution in [0.5, 0.6) is 5.75 Å². The van der Waals surface area contributed by atoms with Gasteiger partial charge in [-0.3, -0.25) is 9.59 Å². The fourth-order valence-corrected chi connectivity index (χ4v) is 2.32. The van der Waals surface area contributed by atoms with Gasteiger partial charge in [-0.2, -0.15) is 0 Å². The van der Waals surface area contributed by atoms with Gasteiger partial charge in [-0.25, -0.2) is 8.78 Å². The highest BCUT2D eigenvalue weighted by Crippen LogP contribution is 2.23. The van der Waals surface area contributed by atoms with Crippen LogP contribution in [0.4, 0.5) is 14.5 Å². The lowest BCUT2D eigenvalue weighted by Gasteiger charge is -2.14. The highest BCUT2D eigenvalue weighted by molar-refractivity contribution is 6.33. The molecular formula is C18H16ClF2NO4. The molecule has 2 rings (SSSR count). The lowest BCUT2D eigenvalue weighted by atomic mass is 10.1. The molecule has 1 N–H and O–H groups in total. The number of amides is 1. The normalized spacial score (nSPS) is 11.6. The van der Waals surface area contributed by atoms with Gasteiger partial charge in [0.2, 0.25) is 0 Å². The third kappa shape index (κ3) is 5.16. The summed E-state index contributed by atoms with van der Waals surface area (Å²) in [6.07, 6.45) is -1.33. The van der Waals surface area contributed by atoms with Gasteiger partial charge in [0, 0.05) is 0 Å². The van der Waals surface area contributed by atoms with E-state index in [-0.39, 0.29) is 22.9 Å². The smallest absolute Gasteiger partial charge is 0.311 e. The van der Waals surface area contributed by atoms with Crippen molar-refractivity contribution in [2.45, 2.75) is 19.4 Å². The predicted molar refractivity (Wildman–Crippen MR) is 92.2 cm³/mol. The molecule has 0 fully saturated rings. The average molecular weight is 384 g/mol. The van der Waals surface area contributed by atoms with E-state index in [2.05, 4.69) is 5.32 Å². The number of anilines is 1. The molecule has 8 heteroatoms. The van der Waals surface area contributed by atoms with E-state index in [0.717, 1.165) is 18.2 Å². The van der Waals surface area contributed by atoms with Crippen LogP contribution in [-0.4, -0.2) is 25.1 Å². The summed E-state index contributed by atoms with van der Waals surface area (Å²) in [5, 5.41) is 2.46. The summed E-state index contributed by atoms with van der Waals surface area (Å²) >= 11 is 5.82. The first-order valence-electron chi connectivity index (χ1n) is 7.58. The third-order valence-electron chi connectivity index (χ3n) is 3.43. The molecule has 0 unspecified atom stereocenters. The van der Waals surface area contributed by atoms with Crippen LogP contribution in [0.2, 0.25) is 5.02 Å². The SMILES string of the molecule is COc1ccc(CC(=O)O[C@@H](C)C(=O)Nc2ccc(F)cc2Cl)cc1F. The number of hydrogen-bond acceptors (Lipinski definition) is 4. The number of carbonyl (C=O) groups is 2. The minimum absolute atomic E-state index is 0.0191. The van der Waals surface area contributed by atoms with E-state index in [0.29, 0.717) is 5.56 Å². The first kappa shape index (κ1) is 19.7. The lowest BCUT2D eigenvalue weighted by Crippen LogP contribution is -2.30. The molecule has 0 bridgehead atoms. The topological polar surface area (TPSA) is 64.6 Å². The van der Waals surface area contributed by atoms with Crippen molar-refractivity contribution in [1.82, 2.24) is 0 Å². The monoisotopic (exact) mass is 383 g/mol. The van der Waals surface area contributed by atoms with Crippen molar-refractivity contribution in [2.75, 3.05) is 12.4 Å². The maximum absolute atomic E-state index is 13.6. The standard InChI is InChI=1S/C18H16ClF2NO4/c1-10(18(24)22-15-5-4-12(20)9-13(15)19)26-17(23)8-11-3-6-16(25-2)14(21)7-11/h3-7,9-10H,8H2,1-2H3,(H,22,24)/t10-/m0/s1. The van der Waals surface area contributed by atoms with E-state index in [9.17, 15) is 18.4 Å². The molecule has 2 aromatic rings. The Balaban J connectivity index is 1.93. The number of halogens is 3. The summed E-state index contributed by atoms with van der Waals surface area (Å²) in [4.78, 5) is 24.0. The molecule has 0 aliphatic rings. The summed E-state index contributed by atoms with van der Waals surface area (Å²) in [7, 11) is 1.33. The average Bonchev–Trinajstić information content (AvgIpc) is 2.57. The first-order valence-corrected chi connectivity index (χ1v) is 7.95. The molecule has 1 amide bonds. The molecule has 0 saturated heterocycles. The van der Waals surface area contributed by atoms with Gasteiger partial charge in [-0.05, 0) is 42.8 Å². The second kappa shape index (κ2) is 8.62. The van der Waals surface area contributed by atoms with E-state index in [1.165, 1.54) is 32.2 Å². The fraction of sp³-hybridized carbons (Fsp3) is 0.222. The molecule has 0 saturated carbocycles.